The largest absolute Gasteiger partial charge is 0.409 e. The maximum Gasteiger partial charge on any atom is 0.170 e. The average molecular weight is 304 g/mol. The van der Waals surface area contributed by atoms with Gasteiger partial charge in [-0.1, -0.05) is 24.2 Å². The lowest BCUT2D eigenvalue weighted by molar-refractivity contribution is 0.318. The summed E-state index contributed by atoms with van der Waals surface area (Å²) in [4.78, 5) is 4.37. The van der Waals surface area contributed by atoms with E-state index in [0.29, 0.717) is 0 Å². The molecule has 0 aliphatic heterocycles. The van der Waals surface area contributed by atoms with Gasteiger partial charge >= 0.3 is 0 Å². The van der Waals surface area contributed by atoms with E-state index in [-0.39, 0.29) is 11.9 Å². The molecule has 1 aromatic carbocycles. The van der Waals surface area contributed by atoms with E-state index in [1.165, 1.54) is 5.56 Å². The average Bonchev–Trinajstić information content (AvgIpc) is 3.02. The van der Waals surface area contributed by atoms with Crippen molar-refractivity contribution in [1.82, 2.24) is 10.3 Å². The molecule has 0 fully saturated rings. The summed E-state index contributed by atoms with van der Waals surface area (Å²) in [5.41, 5.74) is 8.63. The van der Waals surface area contributed by atoms with Gasteiger partial charge in [-0.05, 0) is 30.5 Å². The molecule has 0 spiro atoms. The predicted octanol–water partition coefficient (Wildman–Crippen LogP) is 2.79. The molecule has 2 aromatic rings. The molecule has 4 N–H and O–H groups in total. The molecule has 0 amide bonds. The second-order valence-electron chi connectivity index (χ2n) is 4.84. The fraction of sp³-hybridized carbons (Fsp3) is 0.333. The van der Waals surface area contributed by atoms with Gasteiger partial charge in [-0.2, -0.15) is 0 Å². The first kappa shape index (κ1) is 15.5. The number of oxime groups is 1. The highest BCUT2D eigenvalue weighted by molar-refractivity contribution is 7.09. The number of rotatable bonds is 6. The zero-order chi connectivity index (χ0) is 15.2. The Morgan fingerprint density at radius 1 is 1.52 bits per heavy atom. The van der Waals surface area contributed by atoms with E-state index < -0.39 is 0 Å². The monoisotopic (exact) mass is 304 g/mol. The van der Waals surface area contributed by atoms with Gasteiger partial charge in [-0.15, -0.1) is 11.3 Å². The number of aromatic nitrogens is 1. The molecule has 0 aliphatic rings. The Kier molecular flexibility index (Phi) is 5.30. The molecule has 0 radical (unpaired) electrons. The second kappa shape index (κ2) is 7.19. The highest BCUT2D eigenvalue weighted by atomic mass is 32.1. The van der Waals surface area contributed by atoms with E-state index in [0.717, 1.165) is 29.1 Å². The minimum absolute atomic E-state index is 0.131. The molecule has 1 unspecified atom stereocenters. The van der Waals surface area contributed by atoms with Crippen LogP contribution in [0.1, 0.15) is 41.1 Å². The van der Waals surface area contributed by atoms with Crippen LogP contribution >= 0.6 is 11.3 Å². The van der Waals surface area contributed by atoms with E-state index in [4.69, 9.17) is 10.9 Å². The molecule has 2 rings (SSSR count). The fourth-order valence-corrected chi connectivity index (χ4v) is 2.95. The van der Waals surface area contributed by atoms with E-state index >= 15 is 0 Å². The van der Waals surface area contributed by atoms with Gasteiger partial charge in [0, 0.05) is 23.7 Å². The highest BCUT2D eigenvalue weighted by Crippen LogP contribution is 2.20. The third-order valence-corrected chi connectivity index (χ3v) is 4.33. The highest BCUT2D eigenvalue weighted by Gasteiger charge is 2.12. The van der Waals surface area contributed by atoms with Crippen LogP contribution in [-0.2, 0) is 6.54 Å². The number of thiazole rings is 1. The van der Waals surface area contributed by atoms with Crippen LogP contribution in [0.25, 0.3) is 0 Å². The molecule has 0 bridgehead atoms. The van der Waals surface area contributed by atoms with E-state index in [1.807, 2.05) is 36.7 Å². The van der Waals surface area contributed by atoms with Crippen molar-refractivity contribution >= 4 is 17.2 Å². The molecule has 1 heterocycles. The minimum Gasteiger partial charge on any atom is -0.409 e. The van der Waals surface area contributed by atoms with Gasteiger partial charge in [-0.3, -0.25) is 0 Å². The van der Waals surface area contributed by atoms with E-state index in [1.54, 1.807) is 11.3 Å². The Hall–Kier alpha value is -1.92. The molecule has 112 valence electrons. The smallest absolute Gasteiger partial charge is 0.170 e. The quantitative estimate of drug-likeness (QED) is 0.332. The normalized spacial score (nSPS) is 13.3. The molecule has 1 atom stereocenters. The first-order chi connectivity index (χ1) is 10.2. The van der Waals surface area contributed by atoms with Crippen molar-refractivity contribution in [3.05, 3.63) is 51.5 Å². The Labute approximate surface area is 128 Å². The molecule has 5 nitrogen and oxygen atoms in total. The Bertz CT molecular complexity index is 610. The lowest BCUT2D eigenvalue weighted by atomic mass is 10.0. The third-order valence-electron chi connectivity index (χ3n) is 3.44. The Balaban J connectivity index is 2.06. The number of nitrogens with one attached hydrogen (secondary N) is 1. The molecule has 0 aliphatic carbocycles. The number of nitrogens with zero attached hydrogens (tertiary/aromatic N) is 2. The maximum absolute atomic E-state index is 8.71. The number of aryl methyl sites for hydroxylation is 1. The van der Waals surface area contributed by atoms with Crippen LogP contribution in [0.4, 0.5) is 0 Å². The molecule has 0 saturated carbocycles. The van der Waals surface area contributed by atoms with Crippen LogP contribution in [0.5, 0.6) is 0 Å². The zero-order valence-electron chi connectivity index (χ0n) is 12.2. The van der Waals surface area contributed by atoms with Crippen molar-refractivity contribution < 1.29 is 5.21 Å². The number of nitrogens with two attached hydrogens (primary N) is 1. The summed E-state index contributed by atoms with van der Waals surface area (Å²) in [6.45, 7) is 4.93. The van der Waals surface area contributed by atoms with E-state index in [9.17, 15) is 0 Å². The second-order valence-corrected chi connectivity index (χ2v) is 5.76. The van der Waals surface area contributed by atoms with Crippen LogP contribution in [0.3, 0.4) is 0 Å². The molecular weight excluding hydrogens is 284 g/mol. The summed E-state index contributed by atoms with van der Waals surface area (Å²) < 4.78 is 0. The molecule has 6 heteroatoms. The van der Waals surface area contributed by atoms with Gasteiger partial charge in [0.2, 0.25) is 0 Å². The zero-order valence-corrected chi connectivity index (χ0v) is 13.0. The van der Waals surface area contributed by atoms with E-state index in [2.05, 4.69) is 22.4 Å². The maximum atomic E-state index is 8.71. The van der Waals surface area contributed by atoms with Crippen molar-refractivity contribution in [1.29, 1.82) is 0 Å². The fourth-order valence-electron chi connectivity index (χ4n) is 2.16. The minimum atomic E-state index is 0.131. The first-order valence-corrected chi connectivity index (χ1v) is 7.73. The summed E-state index contributed by atoms with van der Waals surface area (Å²) in [6, 6.07) is 6.07. The molecule has 21 heavy (non-hydrogen) atoms. The van der Waals surface area contributed by atoms with Gasteiger partial charge < -0.3 is 16.3 Å². The van der Waals surface area contributed by atoms with Gasteiger partial charge in [-0.25, -0.2) is 4.98 Å². The van der Waals surface area contributed by atoms with Crippen molar-refractivity contribution in [3.8, 4) is 0 Å². The van der Waals surface area contributed by atoms with Gasteiger partial charge in [0.15, 0.2) is 5.84 Å². The predicted molar refractivity (Wildman–Crippen MR) is 85.7 cm³/mol. The third kappa shape index (κ3) is 3.80. The number of benzene rings is 1. The van der Waals surface area contributed by atoms with Crippen molar-refractivity contribution in [3.63, 3.8) is 0 Å². The summed E-state index contributed by atoms with van der Waals surface area (Å²) >= 11 is 1.67. The molecular formula is C15H20N4OS. The number of amidine groups is 1. The Morgan fingerprint density at radius 2 is 2.33 bits per heavy atom. The molecule has 0 saturated heterocycles. The van der Waals surface area contributed by atoms with Crippen LogP contribution in [-0.4, -0.2) is 16.0 Å². The van der Waals surface area contributed by atoms with Gasteiger partial charge in [0.1, 0.15) is 5.01 Å². The first-order valence-electron chi connectivity index (χ1n) is 6.86. The standard InChI is InChI=1S/C15H20N4OS/c1-3-13(15-17-6-7-21-15)18-9-12-5-4-11(8-10(12)2)14(16)19-20/h4-8,13,18,20H,3,9H2,1-2H3,(H2,16,19). The van der Waals surface area contributed by atoms with Crippen LogP contribution < -0.4 is 11.1 Å². The SMILES string of the molecule is CCC(NCc1ccc(/C(N)=N/O)cc1C)c1nccs1. The van der Waals surface area contributed by atoms with Crippen molar-refractivity contribution in [2.24, 2.45) is 10.9 Å². The summed E-state index contributed by atoms with van der Waals surface area (Å²) in [5, 5.41) is 18.4. The summed E-state index contributed by atoms with van der Waals surface area (Å²) in [7, 11) is 0. The van der Waals surface area contributed by atoms with Gasteiger partial charge in [0.05, 0.1) is 6.04 Å². The lowest BCUT2D eigenvalue weighted by Crippen LogP contribution is -2.21. The Morgan fingerprint density at radius 3 is 2.90 bits per heavy atom. The topological polar surface area (TPSA) is 83.5 Å². The number of hydrogen-bond donors (Lipinski definition) is 3. The van der Waals surface area contributed by atoms with Crippen LogP contribution in [0.2, 0.25) is 0 Å². The van der Waals surface area contributed by atoms with Crippen LogP contribution in [0, 0.1) is 6.92 Å². The summed E-state index contributed by atoms with van der Waals surface area (Å²) in [5.74, 6) is 0.131. The van der Waals surface area contributed by atoms with Crippen molar-refractivity contribution in [2.75, 3.05) is 0 Å². The molecule has 1 aromatic heterocycles. The summed E-state index contributed by atoms with van der Waals surface area (Å²) in [6.07, 6.45) is 2.83. The lowest BCUT2D eigenvalue weighted by Gasteiger charge is -2.16. The number of hydrogen-bond acceptors (Lipinski definition) is 5. The van der Waals surface area contributed by atoms with Crippen LogP contribution in [0.15, 0.2) is 34.9 Å². The van der Waals surface area contributed by atoms with Gasteiger partial charge in [0.25, 0.3) is 0 Å². The van der Waals surface area contributed by atoms with Crippen molar-refractivity contribution in [2.45, 2.75) is 32.9 Å².